The standard InChI is InChI=1S/C9H10S3/c1-6-3-4-8(7(2)5-6)12-9(10)11/h3-5H,1-2H3,(H,10,11). The van der Waals surface area contributed by atoms with E-state index in [4.69, 9.17) is 12.2 Å². The molecular weight excluding hydrogens is 204 g/mol. The minimum atomic E-state index is 0.668. The molecule has 0 unspecified atom stereocenters. The molecule has 0 radical (unpaired) electrons. The molecule has 0 N–H and O–H groups in total. The molecule has 0 saturated heterocycles. The van der Waals surface area contributed by atoms with E-state index >= 15 is 0 Å². The van der Waals surface area contributed by atoms with Crippen LogP contribution in [-0.2, 0) is 0 Å². The lowest BCUT2D eigenvalue weighted by Gasteiger charge is -2.03. The van der Waals surface area contributed by atoms with Gasteiger partial charge in [-0.3, -0.25) is 0 Å². The maximum Gasteiger partial charge on any atom is 0.105 e. The van der Waals surface area contributed by atoms with Crippen LogP contribution < -0.4 is 0 Å². The SMILES string of the molecule is Cc1ccc(SC(=S)S)c(C)c1. The molecule has 3 heteroatoms. The lowest BCUT2D eigenvalue weighted by molar-refractivity contribution is 1.27. The number of thioether (sulfide) groups is 1. The first-order valence-corrected chi connectivity index (χ1v) is 5.25. The quantitative estimate of drug-likeness (QED) is 0.431. The Hall–Kier alpha value is 0.01000. The normalized spacial score (nSPS) is 9.92. The van der Waals surface area contributed by atoms with Gasteiger partial charge in [0.25, 0.3) is 0 Å². The summed E-state index contributed by atoms with van der Waals surface area (Å²) in [5.41, 5.74) is 2.54. The van der Waals surface area contributed by atoms with Gasteiger partial charge in [0, 0.05) is 4.90 Å². The molecule has 0 amide bonds. The molecule has 0 spiro atoms. The topological polar surface area (TPSA) is 0 Å². The number of hydrogen-bond donors (Lipinski definition) is 1. The van der Waals surface area contributed by atoms with Gasteiger partial charge in [-0.05, 0) is 25.5 Å². The molecule has 0 saturated carbocycles. The van der Waals surface area contributed by atoms with Gasteiger partial charge in [0.05, 0.1) is 0 Å². The smallest absolute Gasteiger partial charge is 0.105 e. The third kappa shape index (κ3) is 2.81. The second-order valence-corrected chi connectivity index (χ2v) is 5.41. The van der Waals surface area contributed by atoms with Crippen LogP contribution in [0.1, 0.15) is 11.1 Å². The number of thiocarbonyl (C=S) groups is 1. The van der Waals surface area contributed by atoms with Crippen LogP contribution in [0.25, 0.3) is 0 Å². The molecule has 0 aliphatic heterocycles. The van der Waals surface area contributed by atoms with Crippen molar-refractivity contribution in [3.63, 3.8) is 0 Å². The minimum Gasteiger partial charge on any atom is -0.125 e. The average molecular weight is 214 g/mol. The zero-order valence-electron chi connectivity index (χ0n) is 7.00. The third-order valence-electron chi connectivity index (χ3n) is 1.53. The Morgan fingerprint density at radius 2 is 2.08 bits per heavy atom. The van der Waals surface area contributed by atoms with Gasteiger partial charge in [-0.15, -0.1) is 12.6 Å². The maximum atomic E-state index is 4.90. The van der Waals surface area contributed by atoms with E-state index in [1.807, 2.05) is 0 Å². The van der Waals surface area contributed by atoms with Crippen molar-refractivity contribution in [3.05, 3.63) is 29.3 Å². The number of aryl methyl sites for hydroxylation is 2. The summed E-state index contributed by atoms with van der Waals surface area (Å²) in [6.45, 7) is 4.17. The van der Waals surface area contributed by atoms with E-state index in [9.17, 15) is 0 Å². The van der Waals surface area contributed by atoms with E-state index in [0.29, 0.717) is 3.53 Å². The molecule has 1 aromatic carbocycles. The minimum absolute atomic E-state index is 0.668. The summed E-state index contributed by atoms with van der Waals surface area (Å²) >= 11 is 10.5. The summed E-state index contributed by atoms with van der Waals surface area (Å²) in [6.07, 6.45) is 0. The molecule has 1 rings (SSSR count). The van der Waals surface area contributed by atoms with Crippen molar-refractivity contribution in [2.24, 2.45) is 0 Å². The molecule has 0 aliphatic carbocycles. The van der Waals surface area contributed by atoms with Gasteiger partial charge in [0.1, 0.15) is 3.53 Å². The second-order valence-electron chi connectivity index (χ2n) is 2.64. The molecule has 0 bridgehead atoms. The van der Waals surface area contributed by atoms with E-state index in [1.54, 1.807) is 0 Å². The van der Waals surface area contributed by atoms with Crippen LogP contribution >= 0.6 is 36.6 Å². The van der Waals surface area contributed by atoms with E-state index in [1.165, 1.54) is 27.8 Å². The van der Waals surface area contributed by atoms with Crippen LogP contribution in [0.5, 0.6) is 0 Å². The largest absolute Gasteiger partial charge is 0.125 e. The highest BCUT2D eigenvalue weighted by Gasteiger charge is 1.99. The highest BCUT2D eigenvalue weighted by Crippen LogP contribution is 2.25. The van der Waals surface area contributed by atoms with Crippen molar-refractivity contribution >= 4 is 40.1 Å². The molecular formula is C9H10S3. The van der Waals surface area contributed by atoms with Gasteiger partial charge in [0.2, 0.25) is 0 Å². The Morgan fingerprint density at radius 1 is 1.42 bits per heavy atom. The van der Waals surface area contributed by atoms with Crippen molar-refractivity contribution in [2.75, 3.05) is 0 Å². The molecule has 0 fully saturated rings. The van der Waals surface area contributed by atoms with Crippen LogP contribution in [0.2, 0.25) is 0 Å². The fraction of sp³-hybridized carbons (Fsp3) is 0.222. The summed E-state index contributed by atoms with van der Waals surface area (Å²) in [7, 11) is 0. The Bertz CT molecular complexity index is 305. The maximum absolute atomic E-state index is 4.90. The molecule has 64 valence electrons. The lowest BCUT2D eigenvalue weighted by Crippen LogP contribution is -1.82. The van der Waals surface area contributed by atoms with Gasteiger partial charge in [-0.2, -0.15) is 0 Å². The molecule has 12 heavy (non-hydrogen) atoms. The van der Waals surface area contributed by atoms with Crippen LogP contribution in [0.4, 0.5) is 0 Å². The lowest BCUT2D eigenvalue weighted by atomic mass is 10.2. The number of rotatable bonds is 1. The molecule has 0 aromatic heterocycles. The van der Waals surface area contributed by atoms with E-state index in [-0.39, 0.29) is 0 Å². The van der Waals surface area contributed by atoms with E-state index in [0.717, 1.165) is 0 Å². The third-order valence-corrected chi connectivity index (χ3v) is 2.90. The number of benzene rings is 1. The fourth-order valence-electron chi connectivity index (χ4n) is 1.01. The van der Waals surface area contributed by atoms with E-state index in [2.05, 4.69) is 44.7 Å². The van der Waals surface area contributed by atoms with Gasteiger partial charge in [0.15, 0.2) is 0 Å². The Balaban J connectivity index is 2.93. The molecule has 0 heterocycles. The first-order valence-electron chi connectivity index (χ1n) is 3.57. The van der Waals surface area contributed by atoms with Crippen molar-refractivity contribution in [1.82, 2.24) is 0 Å². The van der Waals surface area contributed by atoms with Gasteiger partial charge in [-0.25, -0.2) is 0 Å². The summed E-state index contributed by atoms with van der Waals surface area (Å²) in [6, 6.07) is 6.31. The Labute approximate surface area is 88.2 Å². The highest BCUT2D eigenvalue weighted by atomic mass is 32.2. The van der Waals surface area contributed by atoms with Crippen LogP contribution in [0, 0.1) is 13.8 Å². The molecule has 0 nitrogen and oxygen atoms in total. The van der Waals surface area contributed by atoms with Crippen LogP contribution in [0.3, 0.4) is 0 Å². The zero-order chi connectivity index (χ0) is 9.14. The summed E-state index contributed by atoms with van der Waals surface area (Å²) in [5, 5.41) is 0. The van der Waals surface area contributed by atoms with Crippen molar-refractivity contribution < 1.29 is 0 Å². The van der Waals surface area contributed by atoms with Gasteiger partial charge >= 0.3 is 0 Å². The molecule has 0 atom stereocenters. The van der Waals surface area contributed by atoms with E-state index < -0.39 is 0 Å². The Morgan fingerprint density at radius 3 is 2.58 bits per heavy atom. The monoisotopic (exact) mass is 214 g/mol. The van der Waals surface area contributed by atoms with Crippen molar-refractivity contribution in [1.29, 1.82) is 0 Å². The first-order chi connectivity index (χ1) is 5.59. The molecule has 1 aromatic rings. The highest BCUT2D eigenvalue weighted by molar-refractivity contribution is 8.41. The summed E-state index contributed by atoms with van der Waals surface area (Å²) < 4.78 is 0.668. The van der Waals surface area contributed by atoms with Crippen LogP contribution in [-0.4, -0.2) is 3.53 Å². The summed E-state index contributed by atoms with van der Waals surface area (Å²) in [4.78, 5) is 1.20. The summed E-state index contributed by atoms with van der Waals surface area (Å²) in [5.74, 6) is 0. The Kier molecular flexibility index (Phi) is 3.62. The van der Waals surface area contributed by atoms with Crippen molar-refractivity contribution in [2.45, 2.75) is 18.7 Å². The average Bonchev–Trinajstić information content (AvgIpc) is 1.94. The zero-order valence-corrected chi connectivity index (χ0v) is 9.52. The number of thiol groups is 1. The fourth-order valence-corrected chi connectivity index (χ4v) is 2.12. The molecule has 0 aliphatic rings. The van der Waals surface area contributed by atoms with Gasteiger partial charge in [-0.1, -0.05) is 41.7 Å². The van der Waals surface area contributed by atoms with Crippen molar-refractivity contribution in [3.8, 4) is 0 Å². The van der Waals surface area contributed by atoms with Gasteiger partial charge < -0.3 is 0 Å². The predicted molar refractivity (Wildman–Crippen MR) is 63.4 cm³/mol. The van der Waals surface area contributed by atoms with Crippen LogP contribution in [0.15, 0.2) is 23.1 Å². The number of hydrogen-bond acceptors (Lipinski definition) is 2. The first kappa shape index (κ1) is 10.1. The second kappa shape index (κ2) is 4.30. The predicted octanol–water partition coefficient (Wildman–Crippen LogP) is 3.61.